The van der Waals surface area contributed by atoms with E-state index in [1.165, 1.54) is 0 Å². The first-order valence-electron chi connectivity index (χ1n) is 6.23. The van der Waals surface area contributed by atoms with Crippen molar-refractivity contribution in [3.8, 4) is 5.75 Å². The van der Waals surface area contributed by atoms with Crippen LogP contribution in [-0.4, -0.2) is 12.2 Å². The van der Waals surface area contributed by atoms with Gasteiger partial charge in [-0.25, -0.2) is 0 Å². The summed E-state index contributed by atoms with van der Waals surface area (Å²) >= 11 is 9.59. The molecule has 2 aromatic carbocycles. The van der Waals surface area contributed by atoms with Gasteiger partial charge in [-0.05, 0) is 42.3 Å². The molecule has 1 unspecified atom stereocenters. The Morgan fingerprint density at radius 2 is 2.00 bits per heavy atom. The first-order chi connectivity index (χ1) is 9.42. The van der Waals surface area contributed by atoms with Crippen LogP contribution in [0.1, 0.15) is 18.1 Å². The Morgan fingerprint density at radius 1 is 1.25 bits per heavy atom. The number of rotatable bonds is 4. The molecule has 0 saturated carbocycles. The van der Waals surface area contributed by atoms with Gasteiger partial charge in [-0.3, -0.25) is 0 Å². The molecule has 0 fully saturated rings. The standard InChI is InChI=1S/C16H16BrClO2/c1-16(19,12-4-3-5-14(8-12)20-2)10-11-6-7-13(17)9-15(11)18/h3-9,19H,10H2,1-2H3. The van der Waals surface area contributed by atoms with E-state index in [0.29, 0.717) is 11.4 Å². The van der Waals surface area contributed by atoms with Gasteiger partial charge in [0.2, 0.25) is 0 Å². The van der Waals surface area contributed by atoms with Crippen LogP contribution in [0.25, 0.3) is 0 Å². The number of aliphatic hydroxyl groups is 1. The van der Waals surface area contributed by atoms with Crippen molar-refractivity contribution in [2.75, 3.05) is 7.11 Å². The summed E-state index contributed by atoms with van der Waals surface area (Å²) in [6.07, 6.45) is 0.437. The fourth-order valence-electron chi connectivity index (χ4n) is 2.10. The van der Waals surface area contributed by atoms with E-state index in [1.807, 2.05) is 42.5 Å². The highest BCUT2D eigenvalue weighted by atomic mass is 79.9. The Hall–Kier alpha value is -1.03. The van der Waals surface area contributed by atoms with E-state index in [1.54, 1.807) is 14.0 Å². The minimum Gasteiger partial charge on any atom is -0.497 e. The smallest absolute Gasteiger partial charge is 0.119 e. The zero-order valence-electron chi connectivity index (χ0n) is 11.4. The van der Waals surface area contributed by atoms with Crippen LogP contribution >= 0.6 is 27.5 Å². The molecule has 0 spiro atoms. The van der Waals surface area contributed by atoms with Crippen molar-refractivity contribution in [1.82, 2.24) is 0 Å². The van der Waals surface area contributed by atoms with Crippen LogP contribution in [-0.2, 0) is 12.0 Å². The van der Waals surface area contributed by atoms with Crippen molar-refractivity contribution in [2.24, 2.45) is 0 Å². The van der Waals surface area contributed by atoms with Gasteiger partial charge in [-0.2, -0.15) is 0 Å². The predicted octanol–water partition coefficient (Wildman–Crippen LogP) is 4.56. The number of benzene rings is 2. The number of halogens is 2. The summed E-state index contributed by atoms with van der Waals surface area (Å²) in [5, 5.41) is 11.4. The predicted molar refractivity (Wildman–Crippen MR) is 85.4 cm³/mol. The summed E-state index contributed by atoms with van der Waals surface area (Å²) in [5.74, 6) is 0.727. The van der Waals surface area contributed by atoms with Crippen LogP contribution < -0.4 is 4.74 Å². The van der Waals surface area contributed by atoms with Gasteiger partial charge in [-0.15, -0.1) is 0 Å². The Morgan fingerprint density at radius 3 is 2.65 bits per heavy atom. The van der Waals surface area contributed by atoms with E-state index in [4.69, 9.17) is 16.3 Å². The maximum absolute atomic E-state index is 10.7. The maximum Gasteiger partial charge on any atom is 0.119 e. The zero-order chi connectivity index (χ0) is 14.8. The van der Waals surface area contributed by atoms with Crippen LogP contribution in [0.2, 0.25) is 5.02 Å². The van der Waals surface area contributed by atoms with Crippen LogP contribution in [0.4, 0.5) is 0 Å². The molecule has 0 aliphatic heterocycles. The zero-order valence-corrected chi connectivity index (χ0v) is 13.7. The summed E-state index contributed by atoms with van der Waals surface area (Å²) in [6, 6.07) is 13.1. The summed E-state index contributed by atoms with van der Waals surface area (Å²) in [5.41, 5.74) is 0.699. The van der Waals surface area contributed by atoms with Crippen molar-refractivity contribution in [3.63, 3.8) is 0 Å². The average molecular weight is 356 g/mol. The van der Waals surface area contributed by atoms with Gasteiger partial charge < -0.3 is 9.84 Å². The fourth-order valence-corrected chi connectivity index (χ4v) is 2.84. The lowest BCUT2D eigenvalue weighted by Crippen LogP contribution is -2.24. The van der Waals surface area contributed by atoms with Gasteiger partial charge in [0, 0.05) is 15.9 Å². The molecule has 0 aliphatic rings. The highest BCUT2D eigenvalue weighted by Gasteiger charge is 2.25. The molecule has 4 heteroatoms. The molecule has 2 rings (SSSR count). The lowest BCUT2D eigenvalue weighted by molar-refractivity contribution is 0.0574. The minimum absolute atomic E-state index is 0.437. The second-order valence-electron chi connectivity index (χ2n) is 4.92. The third kappa shape index (κ3) is 3.54. The van der Waals surface area contributed by atoms with Gasteiger partial charge >= 0.3 is 0 Å². The van der Waals surface area contributed by atoms with Gasteiger partial charge in [0.25, 0.3) is 0 Å². The van der Waals surface area contributed by atoms with Crippen molar-refractivity contribution >= 4 is 27.5 Å². The molecule has 20 heavy (non-hydrogen) atoms. The second kappa shape index (κ2) is 6.17. The Balaban J connectivity index is 2.29. The molecular formula is C16H16BrClO2. The summed E-state index contributed by atoms with van der Waals surface area (Å²) in [7, 11) is 1.61. The van der Waals surface area contributed by atoms with Gasteiger partial charge in [0.1, 0.15) is 5.75 Å². The molecule has 0 aliphatic carbocycles. The molecule has 1 N–H and O–H groups in total. The van der Waals surface area contributed by atoms with Crippen LogP contribution in [0.5, 0.6) is 5.75 Å². The van der Waals surface area contributed by atoms with E-state index in [2.05, 4.69) is 15.9 Å². The van der Waals surface area contributed by atoms with Crippen molar-refractivity contribution in [3.05, 3.63) is 63.1 Å². The van der Waals surface area contributed by atoms with Gasteiger partial charge in [0.05, 0.1) is 12.7 Å². The minimum atomic E-state index is -1.01. The first-order valence-corrected chi connectivity index (χ1v) is 7.40. The normalized spacial score (nSPS) is 13.8. The van der Waals surface area contributed by atoms with Crippen LogP contribution in [0, 0.1) is 0 Å². The van der Waals surface area contributed by atoms with Gasteiger partial charge in [-0.1, -0.05) is 45.7 Å². The molecule has 0 amide bonds. The SMILES string of the molecule is COc1cccc(C(C)(O)Cc2ccc(Br)cc2Cl)c1. The summed E-state index contributed by atoms with van der Waals surface area (Å²) < 4.78 is 6.12. The topological polar surface area (TPSA) is 29.5 Å². The van der Waals surface area contributed by atoms with E-state index >= 15 is 0 Å². The number of methoxy groups -OCH3 is 1. The van der Waals surface area contributed by atoms with Crippen LogP contribution in [0.15, 0.2) is 46.9 Å². The maximum atomic E-state index is 10.7. The van der Waals surface area contributed by atoms with E-state index in [0.717, 1.165) is 21.3 Å². The Bertz CT molecular complexity index is 611. The number of hydrogen-bond acceptors (Lipinski definition) is 2. The molecule has 1 atom stereocenters. The highest BCUT2D eigenvalue weighted by molar-refractivity contribution is 9.10. The van der Waals surface area contributed by atoms with E-state index in [-0.39, 0.29) is 0 Å². The van der Waals surface area contributed by atoms with Crippen LogP contribution in [0.3, 0.4) is 0 Å². The summed E-state index contributed by atoms with van der Waals surface area (Å²) in [6.45, 7) is 1.78. The molecule has 0 heterocycles. The third-order valence-electron chi connectivity index (χ3n) is 3.24. The lowest BCUT2D eigenvalue weighted by Gasteiger charge is -2.25. The van der Waals surface area contributed by atoms with Crippen molar-refractivity contribution in [1.29, 1.82) is 0 Å². The van der Waals surface area contributed by atoms with Crippen molar-refractivity contribution < 1.29 is 9.84 Å². The average Bonchev–Trinajstić information content (AvgIpc) is 2.42. The molecule has 2 aromatic rings. The molecular weight excluding hydrogens is 340 g/mol. The summed E-state index contributed by atoms with van der Waals surface area (Å²) in [4.78, 5) is 0. The molecule has 2 nitrogen and oxygen atoms in total. The second-order valence-corrected chi connectivity index (χ2v) is 6.24. The van der Waals surface area contributed by atoms with Gasteiger partial charge in [0.15, 0.2) is 0 Å². The first kappa shape index (κ1) is 15.4. The number of ether oxygens (including phenoxy) is 1. The molecule has 0 radical (unpaired) electrons. The molecule has 106 valence electrons. The molecule has 0 bridgehead atoms. The Labute approximate surface area is 132 Å². The van der Waals surface area contributed by atoms with E-state index in [9.17, 15) is 5.11 Å². The highest BCUT2D eigenvalue weighted by Crippen LogP contribution is 2.31. The molecule has 0 aromatic heterocycles. The number of hydrogen-bond donors (Lipinski definition) is 1. The third-order valence-corrected chi connectivity index (χ3v) is 4.09. The monoisotopic (exact) mass is 354 g/mol. The van der Waals surface area contributed by atoms with E-state index < -0.39 is 5.60 Å². The largest absolute Gasteiger partial charge is 0.497 e. The lowest BCUT2D eigenvalue weighted by atomic mass is 9.89. The quantitative estimate of drug-likeness (QED) is 0.871. The fraction of sp³-hybridized carbons (Fsp3) is 0.250. The molecule has 0 saturated heterocycles. The van der Waals surface area contributed by atoms with Crippen molar-refractivity contribution in [2.45, 2.75) is 18.9 Å². The Kier molecular flexibility index (Phi) is 4.74.